The van der Waals surface area contributed by atoms with Crippen LogP contribution in [-0.4, -0.2) is 110 Å². The smallest absolute Gasteiger partial charge is 0.345 e. The van der Waals surface area contributed by atoms with Gasteiger partial charge < -0.3 is 40.0 Å². The number of piperidine rings is 1. The second-order valence-corrected chi connectivity index (χ2v) is 18.9. The molecule has 2 aromatic heterocycles. The number of hydrogen-bond acceptors (Lipinski definition) is 10. The van der Waals surface area contributed by atoms with Crippen LogP contribution >= 0.6 is 23.2 Å². The zero-order valence-corrected chi connectivity index (χ0v) is 40.6. The number of carboxylic acids is 1. The standard InChI is InChI=1S/C51H58Cl2F2N8O7/c1-33(57-28-36-11-16-39(53)26-44(36)70-41-17-12-35(13-18-41)43-29-58-45(61(43)2)30-62-21-5-6-22-62)47(66)59-42(31-69-50(54)55)48(67)60-51(27-34-9-14-38(52)15-10-34)19-7-23-63(32-51)49(68)37(25-46(64)65)24-40-8-3-4-20-56-40/h3-4,8-18,20,26,29,33,37,42,50,57H,5-7,19,21-25,27-28,30-32H2,1-2H3,(H,59,66)(H,60,67)(H,64,65)/t33-,37+,42-,51+/m0/s1. The van der Waals surface area contributed by atoms with Gasteiger partial charge in [0.1, 0.15) is 23.4 Å². The number of hydrogen-bond donors (Lipinski definition) is 4. The zero-order valence-electron chi connectivity index (χ0n) is 39.1. The van der Waals surface area contributed by atoms with Gasteiger partial charge >= 0.3 is 12.6 Å². The number of rotatable bonds is 22. The van der Waals surface area contributed by atoms with E-state index in [1.54, 1.807) is 73.8 Å². The summed E-state index contributed by atoms with van der Waals surface area (Å²) >= 11 is 12.6. The Balaban J connectivity index is 1.02. The van der Waals surface area contributed by atoms with Crippen LogP contribution in [0.15, 0.2) is 97.3 Å². The average Bonchev–Trinajstić information content (AvgIpc) is 3.99. The predicted octanol–water partition coefficient (Wildman–Crippen LogP) is 7.43. The van der Waals surface area contributed by atoms with Crippen molar-refractivity contribution in [1.82, 2.24) is 40.3 Å². The van der Waals surface area contributed by atoms with Crippen LogP contribution in [0.5, 0.6) is 11.5 Å². The lowest BCUT2D eigenvalue weighted by Gasteiger charge is -2.45. The first kappa shape index (κ1) is 51.9. The fourth-order valence-corrected chi connectivity index (χ4v) is 9.33. The monoisotopic (exact) mass is 1000 g/mol. The van der Waals surface area contributed by atoms with Crippen molar-refractivity contribution in [2.75, 3.05) is 32.8 Å². The summed E-state index contributed by atoms with van der Waals surface area (Å²) in [7, 11) is 2.01. The van der Waals surface area contributed by atoms with Crippen molar-refractivity contribution in [3.8, 4) is 22.8 Å². The molecule has 4 N–H and O–H groups in total. The summed E-state index contributed by atoms with van der Waals surface area (Å²) in [5.41, 5.74) is 2.74. The van der Waals surface area contributed by atoms with Gasteiger partial charge in [-0.3, -0.25) is 29.1 Å². The highest BCUT2D eigenvalue weighted by Gasteiger charge is 2.42. The maximum atomic E-state index is 14.3. The highest BCUT2D eigenvalue weighted by Crippen LogP contribution is 2.32. The van der Waals surface area contributed by atoms with Gasteiger partial charge in [0, 0.05) is 66.2 Å². The number of carbonyl (C=O) groups excluding carboxylic acids is 3. The minimum Gasteiger partial charge on any atom is -0.481 e. The number of carbonyl (C=O) groups is 4. The van der Waals surface area contributed by atoms with Crippen LogP contribution in [0.25, 0.3) is 11.3 Å². The van der Waals surface area contributed by atoms with E-state index < -0.39 is 66.9 Å². The third-order valence-corrected chi connectivity index (χ3v) is 13.2. The van der Waals surface area contributed by atoms with Crippen molar-refractivity contribution in [2.24, 2.45) is 13.0 Å². The largest absolute Gasteiger partial charge is 0.481 e. The Morgan fingerprint density at radius 1 is 0.900 bits per heavy atom. The molecule has 7 rings (SSSR count). The van der Waals surface area contributed by atoms with Crippen LogP contribution in [0.3, 0.4) is 0 Å². The second-order valence-electron chi connectivity index (χ2n) is 18.0. The molecule has 0 spiro atoms. The molecule has 15 nitrogen and oxygen atoms in total. The molecule has 0 unspecified atom stereocenters. The molecule has 0 aliphatic carbocycles. The summed E-state index contributed by atoms with van der Waals surface area (Å²) in [5, 5.41) is 19.4. The molecule has 0 saturated carbocycles. The number of benzene rings is 3. The molecule has 4 atom stereocenters. The molecular weight excluding hydrogens is 946 g/mol. The Kier molecular flexibility index (Phi) is 18.0. The van der Waals surface area contributed by atoms with Crippen molar-refractivity contribution >= 4 is 46.9 Å². The number of carboxylic acid groups (broad SMARTS) is 1. The SMILES string of the molecule is C[C@H](NCc1ccc(Cl)cc1Oc1ccc(-c2cnc(CN3CCCC3)n2C)cc1)C(=O)N[C@@H](COC(F)F)C(=O)N[C@@]1(Cc2ccc(Cl)cc2)CCCN(C(=O)[C@@H](CC(=O)O)Cc2ccccn2)C1. The third kappa shape index (κ3) is 14.3. The van der Waals surface area contributed by atoms with E-state index >= 15 is 0 Å². The molecule has 19 heteroatoms. The Bertz CT molecular complexity index is 2570. The van der Waals surface area contributed by atoms with Gasteiger partial charge in [-0.05, 0) is 118 Å². The van der Waals surface area contributed by atoms with Gasteiger partial charge in [-0.2, -0.15) is 8.78 Å². The van der Waals surface area contributed by atoms with E-state index in [1.165, 1.54) is 17.7 Å². The summed E-state index contributed by atoms with van der Waals surface area (Å²) in [6, 6.07) is 22.3. The number of pyridine rings is 1. The van der Waals surface area contributed by atoms with Gasteiger partial charge in [0.2, 0.25) is 17.7 Å². The minimum atomic E-state index is -3.24. The van der Waals surface area contributed by atoms with E-state index in [2.05, 4.69) is 40.1 Å². The van der Waals surface area contributed by atoms with Crippen LogP contribution < -0.4 is 20.7 Å². The number of halogens is 4. The third-order valence-electron chi connectivity index (χ3n) is 12.8. The maximum absolute atomic E-state index is 14.3. The highest BCUT2D eigenvalue weighted by molar-refractivity contribution is 6.31. The van der Waals surface area contributed by atoms with E-state index in [0.717, 1.165) is 42.3 Å². The van der Waals surface area contributed by atoms with Crippen LogP contribution in [0, 0.1) is 5.92 Å². The van der Waals surface area contributed by atoms with Gasteiger partial charge in [-0.1, -0.05) is 47.5 Å². The molecule has 70 heavy (non-hydrogen) atoms. The lowest BCUT2D eigenvalue weighted by molar-refractivity contribution is -0.150. The normalized spacial score (nSPS) is 17.5. The maximum Gasteiger partial charge on any atom is 0.345 e. The van der Waals surface area contributed by atoms with Crippen molar-refractivity contribution in [1.29, 1.82) is 0 Å². The summed E-state index contributed by atoms with van der Waals surface area (Å²) in [6.45, 7) is 0.788. The van der Waals surface area contributed by atoms with Gasteiger partial charge in [-0.15, -0.1) is 0 Å². The average molecular weight is 1000 g/mol. The molecule has 2 aliphatic heterocycles. The fraction of sp³-hybridized carbons (Fsp3) is 0.412. The van der Waals surface area contributed by atoms with Gasteiger partial charge in [0.25, 0.3) is 0 Å². The Labute approximate surface area is 415 Å². The van der Waals surface area contributed by atoms with Gasteiger partial charge in [-0.25, -0.2) is 4.98 Å². The van der Waals surface area contributed by atoms with E-state index in [9.17, 15) is 33.1 Å². The van der Waals surface area contributed by atoms with Crippen molar-refractivity contribution in [3.63, 3.8) is 0 Å². The number of nitrogens with zero attached hydrogens (tertiary/aromatic N) is 5. The van der Waals surface area contributed by atoms with Gasteiger partial charge in [0.05, 0.1) is 49.0 Å². The molecule has 0 radical (unpaired) electrons. The Hall–Kier alpha value is -5.98. The van der Waals surface area contributed by atoms with Crippen LogP contribution in [-0.2, 0) is 56.9 Å². The van der Waals surface area contributed by atoms with E-state index in [0.29, 0.717) is 45.6 Å². The summed E-state index contributed by atoms with van der Waals surface area (Å²) in [4.78, 5) is 67.2. The lowest BCUT2D eigenvalue weighted by atomic mass is 9.82. The van der Waals surface area contributed by atoms with Crippen molar-refractivity contribution in [2.45, 2.75) is 89.2 Å². The number of nitrogens with one attached hydrogen (secondary N) is 3. The number of amides is 3. The second kappa shape index (κ2) is 24.2. The molecule has 3 aromatic carbocycles. The topological polar surface area (TPSA) is 180 Å². The molecule has 372 valence electrons. The first-order valence-corrected chi connectivity index (χ1v) is 24.1. The summed E-state index contributed by atoms with van der Waals surface area (Å²) < 4.78 is 40.2. The molecule has 2 aliphatic rings. The van der Waals surface area contributed by atoms with Crippen LogP contribution in [0.4, 0.5) is 8.78 Å². The quantitative estimate of drug-likeness (QED) is 0.0542. The lowest BCUT2D eigenvalue weighted by Crippen LogP contribution is -2.65. The summed E-state index contributed by atoms with van der Waals surface area (Å²) in [5.74, 6) is -2.04. The number of likely N-dealkylation sites (tertiary alicyclic amines) is 2. The Morgan fingerprint density at radius 3 is 2.34 bits per heavy atom. The van der Waals surface area contributed by atoms with E-state index in [-0.39, 0.29) is 32.5 Å². The number of aromatic nitrogens is 3. The van der Waals surface area contributed by atoms with Crippen LogP contribution in [0.2, 0.25) is 10.0 Å². The van der Waals surface area contributed by atoms with Gasteiger partial charge in [0.15, 0.2) is 0 Å². The molecule has 2 fully saturated rings. The summed E-state index contributed by atoms with van der Waals surface area (Å²) in [6.07, 6.45) is 6.47. The number of alkyl halides is 2. The van der Waals surface area contributed by atoms with E-state index in [1.807, 2.05) is 37.5 Å². The molecule has 2 saturated heterocycles. The number of aliphatic carboxylic acids is 1. The zero-order chi connectivity index (χ0) is 49.8. The molecule has 4 heterocycles. The highest BCUT2D eigenvalue weighted by atomic mass is 35.5. The number of ether oxygens (including phenoxy) is 2. The number of imidazole rings is 1. The predicted molar refractivity (Wildman–Crippen MR) is 260 cm³/mol. The first-order valence-electron chi connectivity index (χ1n) is 23.3. The molecule has 5 aromatic rings. The molecule has 3 amide bonds. The fourth-order valence-electron chi connectivity index (χ4n) is 9.04. The van der Waals surface area contributed by atoms with Crippen molar-refractivity contribution < 1.29 is 42.5 Å². The minimum absolute atomic E-state index is 0.0350. The molecule has 0 bridgehead atoms. The van der Waals surface area contributed by atoms with Crippen LogP contribution in [0.1, 0.15) is 61.7 Å². The van der Waals surface area contributed by atoms with Crippen molar-refractivity contribution in [3.05, 3.63) is 130 Å². The van der Waals surface area contributed by atoms with E-state index in [4.69, 9.17) is 27.9 Å². The Morgan fingerprint density at radius 2 is 1.64 bits per heavy atom. The molecular formula is C51H58Cl2F2N8O7. The first-order chi connectivity index (χ1) is 33.6.